The summed E-state index contributed by atoms with van der Waals surface area (Å²) in [5.41, 5.74) is 4.69. The third kappa shape index (κ3) is 5.19. The van der Waals surface area contributed by atoms with Gasteiger partial charge in [-0.15, -0.1) is 0 Å². The van der Waals surface area contributed by atoms with Gasteiger partial charge in [-0.3, -0.25) is 4.68 Å². The van der Waals surface area contributed by atoms with Crippen LogP contribution in [0, 0.1) is 20.8 Å². The molecule has 5 heteroatoms. The van der Waals surface area contributed by atoms with Gasteiger partial charge in [-0.25, -0.2) is 0 Å². The molecule has 0 aliphatic rings. The Morgan fingerprint density at radius 3 is 2.48 bits per heavy atom. The van der Waals surface area contributed by atoms with Crippen LogP contribution in [-0.2, 0) is 6.54 Å². The van der Waals surface area contributed by atoms with Gasteiger partial charge in [-0.1, -0.05) is 6.07 Å². The lowest BCUT2D eigenvalue weighted by atomic mass is 10.1. The number of hydrogen-bond donors (Lipinski definition) is 2. The highest BCUT2D eigenvalue weighted by Gasteiger charge is 2.00. The van der Waals surface area contributed by atoms with Gasteiger partial charge in [-0.05, 0) is 68.2 Å². The number of aromatic nitrogens is 2. The number of nitrogens with zero attached hydrogens (tertiary/aromatic N) is 2. The Morgan fingerprint density at radius 2 is 1.86 bits per heavy atom. The van der Waals surface area contributed by atoms with Crippen molar-refractivity contribution in [1.82, 2.24) is 15.1 Å². The Balaban J connectivity index is 1.72. The van der Waals surface area contributed by atoms with Crippen molar-refractivity contribution in [2.45, 2.75) is 33.7 Å². The predicted molar refractivity (Wildman–Crippen MR) is 91.7 cm³/mol. The predicted octanol–water partition coefficient (Wildman–Crippen LogP) is 3.19. The van der Waals surface area contributed by atoms with Crippen molar-refractivity contribution in [1.29, 1.82) is 0 Å². The van der Waals surface area contributed by atoms with Crippen molar-refractivity contribution in [3.05, 3.63) is 47.3 Å². The van der Waals surface area contributed by atoms with E-state index in [1.807, 2.05) is 24.0 Å². The first-order valence-corrected chi connectivity index (χ1v) is 7.56. The second-order valence-corrected chi connectivity index (χ2v) is 5.80. The molecule has 0 radical (unpaired) electrons. The maximum Gasteiger partial charge on any atom is 0.170 e. The number of anilines is 1. The fourth-order valence-corrected chi connectivity index (χ4v) is 2.47. The first-order valence-electron chi connectivity index (χ1n) is 7.15. The molecule has 0 bridgehead atoms. The SMILES string of the molecule is Cc1cc(C)cc(NC(=S)NCCCn2cc(C)cn2)c1. The Morgan fingerprint density at radius 1 is 1.14 bits per heavy atom. The molecule has 2 rings (SSSR count). The van der Waals surface area contributed by atoms with Gasteiger partial charge in [0.05, 0.1) is 6.20 Å². The third-order valence-corrected chi connectivity index (χ3v) is 3.34. The van der Waals surface area contributed by atoms with E-state index in [4.69, 9.17) is 12.2 Å². The highest BCUT2D eigenvalue weighted by Crippen LogP contribution is 2.13. The lowest BCUT2D eigenvalue weighted by molar-refractivity contribution is 0.573. The van der Waals surface area contributed by atoms with Crippen LogP contribution in [0.1, 0.15) is 23.1 Å². The first kappa shape index (κ1) is 15.5. The van der Waals surface area contributed by atoms with Crippen molar-refractivity contribution in [3.8, 4) is 0 Å². The number of benzene rings is 1. The normalized spacial score (nSPS) is 10.4. The summed E-state index contributed by atoms with van der Waals surface area (Å²) in [4.78, 5) is 0. The second-order valence-electron chi connectivity index (χ2n) is 5.39. The van der Waals surface area contributed by atoms with Crippen molar-refractivity contribution in [3.63, 3.8) is 0 Å². The molecule has 112 valence electrons. The zero-order valence-electron chi connectivity index (χ0n) is 12.8. The van der Waals surface area contributed by atoms with Crippen molar-refractivity contribution in [2.24, 2.45) is 0 Å². The van der Waals surface area contributed by atoms with Crippen LogP contribution >= 0.6 is 12.2 Å². The van der Waals surface area contributed by atoms with E-state index in [1.165, 1.54) is 16.7 Å². The zero-order valence-corrected chi connectivity index (χ0v) is 13.6. The standard InChI is InChI=1S/C16H22N4S/c1-12-7-13(2)9-15(8-12)19-16(21)17-5-4-6-20-11-14(3)10-18-20/h7-11H,4-6H2,1-3H3,(H2,17,19,21). The van der Waals surface area contributed by atoms with E-state index < -0.39 is 0 Å². The van der Waals surface area contributed by atoms with E-state index in [9.17, 15) is 0 Å². The molecule has 0 saturated carbocycles. The molecule has 0 unspecified atom stereocenters. The molecule has 0 aliphatic heterocycles. The largest absolute Gasteiger partial charge is 0.362 e. The van der Waals surface area contributed by atoms with Gasteiger partial charge >= 0.3 is 0 Å². The molecular weight excluding hydrogens is 280 g/mol. The monoisotopic (exact) mass is 302 g/mol. The van der Waals surface area contributed by atoms with Crippen LogP contribution in [0.25, 0.3) is 0 Å². The molecule has 0 saturated heterocycles. The average molecular weight is 302 g/mol. The van der Waals surface area contributed by atoms with Crippen LogP contribution in [0.4, 0.5) is 5.69 Å². The summed E-state index contributed by atoms with van der Waals surface area (Å²) in [6.07, 6.45) is 4.90. The van der Waals surface area contributed by atoms with Gasteiger partial charge in [0, 0.05) is 25.0 Å². The van der Waals surface area contributed by atoms with Crippen molar-refractivity contribution in [2.75, 3.05) is 11.9 Å². The summed E-state index contributed by atoms with van der Waals surface area (Å²) in [5, 5.41) is 11.4. The minimum Gasteiger partial charge on any atom is -0.362 e. The third-order valence-electron chi connectivity index (χ3n) is 3.09. The van der Waals surface area contributed by atoms with Crippen LogP contribution < -0.4 is 10.6 Å². The molecule has 1 aromatic heterocycles. The van der Waals surface area contributed by atoms with Crippen molar-refractivity contribution < 1.29 is 0 Å². The molecule has 0 amide bonds. The van der Waals surface area contributed by atoms with Crippen LogP contribution in [0.3, 0.4) is 0 Å². The highest BCUT2D eigenvalue weighted by molar-refractivity contribution is 7.80. The summed E-state index contributed by atoms with van der Waals surface area (Å²) in [7, 11) is 0. The molecule has 0 spiro atoms. The van der Waals surface area contributed by atoms with Gasteiger partial charge in [0.1, 0.15) is 0 Å². The molecule has 0 atom stereocenters. The van der Waals surface area contributed by atoms with Gasteiger partial charge in [-0.2, -0.15) is 5.10 Å². The number of rotatable bonds is 5. The molecule has 21 heavy (non-hydrogen) atoms. The fourth-order valence-electron chi connectivity index (χ4n) is 2.25. The van der Waals surface area contributed by atoms with Gasteiger partial charge in [0.25, 0.3) is 0 Å². The van der Waals surface area contributed by atoms with Crippen molar-refractivity contribution >= 4 is 23.0 Å². The van der Waals surface area contributed by atoms with E-state index in [2.05, 4.69) is 47.8 Å². The van der Waals surface area contributed by atoms with Crippen LogP contribution in [-0.4, -0.2) is 21.4 Å². The maximum absolute atomic E-state index is 5.31. The quantitative estimate of drug-likeness (QED) is 0.657. The second kappa shape index (κ2) is 7.22. The number of aryl methyl sites for hydroxylation is 4. The Labute approximate surface area is 131 Å². The molecular formula is C16H22N4S. The summed E-state index contributed by atoms with van der Waals surface area (Å²) >= 11 is 5.31. The molecule has 0 fully saturated rings. The summed E-state index contributed by atoms with van der Waals surface area (Å²) in [6.45, 7) is 7.94. The summed E-state index contributed by atoms with van der Waals surface area (Å²) in [6, 6.07) is 6.33. The van der Waals surface area contributed by atoms with E-state index in [0.717, 1.165) is 25.2 Å². The van der Waals surface area contributed by atoms with E-state index in [-0.39, 0.29) is 0 Å². The molecule has 2 N–H and O–H groups in total. The Kier molecular flexibility index (Phi) is 5.33. The minimum atomic E-state index is 0.664. The van der Waals surface area contributed by atoms with Gasteiger partial charge in [0.2, 0.25) is 0 Å². The van der Waals surface area contributed by atoms with Gasteiger partial charge in [0.15, 0.2) is 5.11 Å². The lowest BCUT2D eigenvalue weighted by Crippen LogP contribution is -2.29. The fraction of sp³-hybridized carbons (Fsp3) is 0.375. The Hall–Kier alpha value is -1.88. The number of hydrogen-bond acceptors (Lipinski definition) is 2. The van der Waals surface area contributed by atoms with E-state index >= 15 is 0 Å². The Bertz CT molecular complexity index is 598. The number of nitrogens with one attached hydrogen (secondary N) is 2. The van der Waals surface area contributed by atoms with E-state index in [1.54, 1.807) is 0 Å². The molecule has 0 aliphatic carbocycles. The van der Waals surface area contributed by atoms with Crippen LogP contribution in [0.5, 0.6) is 0 Å². The summed E-state index contributed by atoms with van der Waals surface area (Å²) in [5.74, 6) is 0. The first-order chi connectivity index (χ1) is 10.0. The maximum atomic E-state index is 5.31. The number of thiocarbonyl (C=S) groups is 1. The van der Waals surface area contributed by atoms with Gasteiger partial charge < -0.3 is 10.6 Å². The highest BCUT2D eigenvalue weighted by atomic mass is 32.1. The minimum absolute atomic E-state index is 0.664. The molecule has 1 aromatic carbocycles. The van der Waals surface area contributed by atoms with Crippen LogP contribution in [0.2, 0.25) is 0 Å². The topological polar surface area (TPSA) is 41.9 Å². The lowest BCUT2D eigenvalue weighted by Gasteiger charge is -2.11. The molecule has 1 heterocycles. The average Bonchev–Trinajstić information content (AvgIpc) is 2.79. The summed E-state index contributed by atoms with van der Waals surface area (Å²) < 4.78 is 1.96. The van der Waals surface area contributed by atoms with E-state index in [0.29, 0.717) is 5.11 Å². The molecule has 2 aromatic rings. The smallest absolute Gasteiger partial charge is 0.170 e. The molecule has 4 nitrogen and oxygen atoms in total. The zero-order chi connectivity index (χ0) is 15.2. The van der Waals surface area contributed by atoms with Crippen LogP contribution in [0.15, 0.2) is 30.6 Å².